The fourth-order valence-corrected chi connectivity index (χ4v) is 9.32. The molecule has 12 aromatic rings. The van der Waals surface area contributed by atoms with E-state index in [4.69, 9.17) is 4.42 Å². The minimum atomic E-state index is 0.866. The van der Waals surface area contributed by atoms with Crippen molar-refractivity contribution in [2.75, 3.05) is 4.90 Å². The van der Waals surface area contributed by atoms with Gasteiger partial charge in [-0.1, -0.05) is 176 Å². The number of anilines is 3. The highest BCUT2D eigenvalue weighted by molar-refractivity contribution is 6.23. The molecule has 2 heterocycles. The third-order valence-electron chi connectivity index (χ3n) is 12.2. The Hall–Kier alpha value is -8.14. The average molecular weight is 779 g/mol. The number of benzene rings is 10. The van der Waals surface area contributed by atoms with Gasteiger partial charge in [-0.25, -0.2) is 0 Å². The quantitative estimate of drug-likeness (QED) is 0.161. The van der Waals surface area contributed by atoms with Gasteiger partial charge in [0.15, 0.2) is 5.58 Å². The van der Waals surface area contributed by atoms with Gasteiger partial charge in [0.25, 0.3) is 0 Å². The maximum absolute atomic E-state index is 6.82. The van der Waals surface area contributed by atoms with Crippen LogP contribution in [0, 0.1) is 0 Å². The molecular weight excluding hydrogens is 741 g/mol. The molecule has 0 N–H and O–H groups in total. The molecule has 3 nitrogen and oxygen atoms in total. The molecule has 0 saturated carbocycles. The molecule has 0 fully saturated rings. The van der Waals surface area contributed by atoms with Crippen LogP contribution in [-0.4, -0.2) is 4.57 Å². The molecular formula is C58H38N2O. The normalized spacial score (nSPS) is 11.6. The second-order valence-corrected chi connectivity index (χ2v) is 15.7. The number of nitrogens with zero attached hydrogens (tertiary/aromatic N) is 2. The number of fused-ring (bicyclic) bond motifs is 8. The first-order chi connectivity index (χ1) is 30.3. The summed E-state index contributed by atoms with van der Waals surface area (Å²) in [6, 6.07) is 82.7. The van der Waals surface area contributed by atoms with Crippen molar-refractivity contribution in [1.82, 2.24) is 4.57 Å². The fraction of sp³-hybridized carbons (Fsp3) is 0. The topological polar surface area (TPSA) is 21.3 Å². The van der Waals surface area contributed by atoms with Crippen molar-refractivity contribution in [3.8, 4) is 39.1 Å². The molecule has 0 atom stereocenters. The average Bonchev–Trinajstić information content (AvgIpc) is 3.90. The molecule has 0 aliphatic heterocycles. The summed E-state index contributed by atoms with van der Waals surface area (Å²) in [4.78, 5) is 2.37. The molecule has 0 saturated heterocycles. The van der Waals surface area contributed by atoms with Gasteiger partial charge in [-0.2, -0.15) is 0 Å². The zero-order valence-electron chi connectivity index (χ0n) is 33.2. The first-order valence-corrected chi connectivity index (χ1v) is 20.8. The number of para-hydroxylation sites is 4. The summed E-state index contributed by atoms with van der Waals surface area (Å²) in [6.45, 7) is 0. The summed E-state index contributed by atoms with van der Waals surface area (Å²) in [7, 11) is 0. The van der Waals surface area contributed by atoms with Crippen molar-refractivity contribution in [2.45, 2.75) is 0 Å². The van der Waals surface area contributed by atoms with Crippen LogP contribution in [-0.2, 0) is 0 Å². The zero-order valence-corrected chi connectivity index (χ0v) is 33.2. The fourth-order valence-electron chi connectivity index (χ4n) is 9.32. The van der Waals surface area contributed by atoms with Crippen LogP contribution in [0.2, 0.25) is 0 Å². The third-order valence-corrected chi connectivity index (χ3v) is 12.2. The van der Waals surface area contributed by atoms with Gasteiger partial charge in [0.05, 0.1) is 22.4 Å². The summed E-state index contributed by atoms with van der Waals surface area (Å²) in [5, 5.41) is 7.13. The number of furan rings is 1. The largest absolute Gasteiger partial charge is 0.454 e. The number of rotatable bonds is 7. The lowest BCUT2D eigenvalue weighted by Gasteiger charge is -2.28. The SMILES string of the molecule is c1ccc(-c2ccccc2N(c2ccc(-c3ccc(-c4ccc(-n5c6ccccc6c6ccccc65)cc4)cc3)cc2)c2cc3ccccc3c3c2oc2ccccc23)cc1. The highest BCUT2D eigenvalue weighted by atomic mass is 16.3. The molecule has 0 spiro atoms. The highest BCUT2D eigenvalue weighted by Crippen LogP contribution is 2.48. The lowest BCUT2D eigenvalue weighted by molar-refractivity contribution is 0.669. The molecule has 286 valence electrons. The van der Waals surface area contributed by atoms with Crippen LogP contribution in [0.3, 0.4) is 0 Å². The summed E-state index contributed by atoms with van der Waals surface area (Å²) < 4.78 is 9.18. The van der Waals surface area contributed by atoms with E-state index in [1.165, 1.54) is 43.9 Å². The van der Waals surface area contributed by atoms with Gasteiger partial charge < -0.3 is 13.9 Å². The number of hydrogen-bond donors (Lipinski definition) is 0. The van der Waals surface area contributed by atoms with E-state index in [1.54, 1.807) is 0 Å². The first-order valence-electron chi connectivity index (χ1n) is 20.8. The van der Waals surface area contributed by atoms with Crippen molar-refractivity contribution in [3.63, 3.8) is 0 Å². The van der Waals surface area contributed by atoms with Crippen molar-refractivity contribution in [3.05, 3.63) is 231 Å². The Labute approximate surface area is 353 Å². The standard InChI is InChI=1S/C58H38N2O/c1-2-14-43(15-3-1)47-17-6-10-22-52(47)60(55-38-44-16-4-5-18-48(44)57-51-21-9-13-25-56(51)61-58(55)57)46-36-32-42(33-37-46)40-28-26-39(27-29-40)41-30-34-45(35-31-41)59-53-23-11-7-19-49(53)50-20-8-12-24-54(50)59/h1-38H. The van der Waals surface area contributed by atoms with Crippen molar-refractivity contribution in [2.24, 2.45) is 0 Å². The van der Waals surface area contributed by atoms with Crippen LogP contribution >= 0.6 is 0 Å². The molecule has 0 aliphatic rings. The molecule has 10 aromatic carbocycles. The molecule has 0 amide bonds. The van der Waals surface area contributed by atoms with Crippen LogP contribution in [0.5, 0.6) is 0 Å². The van der Waals surface area contributed by atoms with Crippen molar-refractivity contribution < 1.29 is 4.42 Å². The molecule has 0 aliphatic carbocycles. The minimum absolute atomic E-state index is 0.866. The Bertz CT molecular complexity index is 3510. The Morgan fingerprint density at radius 1 is 0.361 bits per heavy atom. The van der Waals surface area contributed by atoms with Gasteiger partial charge >= 0.3 is 0 Å². The summed E-state index contributed by atoms with van der Waals surface area (Å²) in [5.41, 5.74) is 15.4. The first kappa shape index (κ1) is 34.9. The molecule has 0 radical (unpaired) electrons. The van der Waals surface area contributed by atoms with Crippen LogP contribution < -0.4 is 4.90 Å². The van der Waals surface area contributed by atoms with E-state index in [0.29, 0.717) is 0 Å². The van der Waals surface area contributed by atoms with Crippen LogP contribution in [0.1, 0.15) is 0 Å². The van der Waals surface area contributed by atoms with E-state index < -0.39 is 0 Å². The third kappa shape index (κ3) is 5.82. The molecule has 61 heavy (non-hydrogen) atoms. The minimum Gasteiger partial charge on any atom is -0.454 e. The lowest BCUT2D eigenvalue weighted by atomic mass is 9.98. The van der Waals surface area contributed by atoms with Crippen LogP contribution in [0.25, 0.3) is 93.6 Å². The van der Waals surface area contributed by atoms with E-state index in [2.05, 4.69) is 234 Å². The predicted octanol–water partition coefficient (Wildman–Crippen LogP) is 16.3. The summed E-state index contributed by atoms with van der Waals surface area (Å²) >= 11 is 0. The van der Waals surface area contributed by atoms with Crippen molar-refractivity contribution in [1.29, 1.82) is 0 Å². The molecule has 0 bridgehead atoms. The Kier molecular flexibility index (Phi) is 8.17. The summed E-state index contributed by atoms with van der Waals surface area (Å²) in [5.74, 6) is 0. The zero-order chi connectivity index (χ0) is 40.3. The van der Waals surface area contributed by atoms with Crippen molar-refractivity contribution >= 4 is 71.6 Å². The van der Waals surface area contributed by atoms with Gasteiger partial charge in [-0.05, 0) is 93.2 Å². The van der Waals surface area contributed by atoms with Gasteiger partial charge in [0.2, 0.25) is 0 Å². The van der Waals surface area contributed by atoms with E-state index in [0.717, 1.165) is 66.8 Å². The maximum Gasteiger partial charge on any atom is 0.160 e. The Morgan fingerprint density at radius 3 is 1.54 bits per heavy atom. The number of aromatic nitrogens is 1. The van der Waals surface area contributed by atoms with Crippen LogP contribution in [0.4, 0.5) is 17.1 Å². The molecule has 0 unspecified atom stereocenters. The van der Waals surface area contributed by atoms with Gasteiger partial charge in [0.1, 0.15) is 5.58 Å². The van der Waals surface area contributed by atoms with Gasteiger partial charge in [0, 0.05) is 38.5 Å². The predicted molar refractivity (Wildman–Crippen MR) is 257 cm³/mol. The van der Waals surface area contributed by atoms with E-state index >= 15 is 0 Å². The van der Waals surface area contributed by atoms with Crippen LogP contribution in [0.15, 0.2) is 235 Å². The maximum atomic E-state index is 6.82. The van der Waals surface area contributed by atoms with E-state index in [9.17, 15) is 0 Å². The molecule has 2 aromatic heterocycles. The molecule has 12 rings (SSSR count). The second-order valence-electron chi connectivity index (χ2n) is 15.7. The smallest absolute Gasteiger partial charge is 0.160 e. The molecule has 3 heteroatoms. The monoisotopic (exact) mass is 778 g/mol. The highest BCUT2D eigenvalue weighted by Gasteiger charge is 2.24. The summed E-state index contributed by atoms with van der Waals surface area (Å²) in [6.07, 6.45) is 0. The Morgan fingerprint density at radius 2 is 0.869 bits per heavy atom. The second kappa shape index (κ2) is 14.3. The van der Waals surface area contributed by atoms with E-state index in [-0.39, 0.29) is 0 Å². The number of hydrogen-bond acceptors (Lipinski definition) is 2. The Balaban J connectivity index is 0.926. The van der Waals surface area contributed by atoms with Gasteiger partial charge in [-0.15, -0.1) is 0 Å². The van der Waals surface area contributed by atoms with Gasteiger partial charge in [-0.3, -0.25) is 0 Å². The lowest BCUT2D eigenvalue weighted by Crippen LogP contribution is -2.11. The van der Waals surface area contributed by atoms with E-state index in [1.807, 2.05) is 6.07 Å².